The molecule has 1 N–H and O–H groups in total. The summed E-state index contributed by atoms with van der Waals surface area (Å²) in [6.07, 6.45) is 8.39. The van der Waals surface area contributed by atoms with Crippen LogP contribution in [0.25, 0.3) is 0 Å². The Morgan fingerprint density at radius 1 is 1.18 bits per heavy atom. The molecule has 158 valence electrons. The minimum absolute atomic E-state index is 0.0983. The van der Waals surface area contributed by atoms with Gasteiger partial charge in [-0.2, -0.15) is 0 Å². The summed E-state index contributed by atoms with van der Waals surface area (Å²) in [5.74, 6) is 1.27. The maximum atomic E-state index is 11.5. The van der Waals surface area contributed by atoms with Crippen molar-refractivity contribution in [1.82, 2.24) is 0 Å². The Labute approximate surface area is 169 Å². The zero-order valence-electron chi connectivity index (χ0n) is 17.9. The average Bonchev–Trinajstić information content (AvgIpc) is 3.38. The molecule has 0 amide bonds. The molecule has 3 heterocycles. The predicted octanol–water partition coefficient (Wildman–Crippen LogP) is 3.60. The lowest BCUT2D eigenvalue weighted by molar-refractivity contribution is -0.143. The third kappa shape index (κ3) is 5.12. The van der Waals surface area contributed by atoms with E-state index in [0.29, 0.717) is 37.4 Å². The third-order valence-corrected chi connectivity index (χ3v) is 6.59. The molecule has 0 aromatic heterocycles. The number of aliphatic hydroxyl groups is 1. The lowest BCUT2D eigenvalue weighted by atomic mass is 9.85. The quantitative estimate of drug-likeness (QED) is 0.553. The van der Waals surface area contributed by atoms with Gasteiger partial charge < -0.3 is 19.3 Å². The molecule has 3 fully saturated rings. The largest absolute Gasteiger partial charge is 0.387 e. The van der Waals surface area contributed by atoms with E-state index in [4.69, 9.17) is 14.2 Å². The highest BCUT2D eigenvalue weighted by atomic mass is 16.6. The molecular formula is C23H36O5. The highest BCUT2D eigenvalue weighted by molar-refractivity contribution is 5.76. The van der Waals surface area contributed by atoms with Crippen LogP contribution < -0.4 is 0 Å². The van der Waals surface area contributed by atoms with Gasteiger partial charge in [-0.25, -0.2) is 0 Å². The van der Waals surface area contributed by atoms with E-state index in [-0.39, 0.29) is 18.0 Å². The smallest absolute Gasteiger partial charge is 0.132 e. The van der Waals surface area contributed by atoms with Crippen LogP contribution in [0.2, 0.25) is 0 Å². The molecule has 3 rings (SSSR count). The highest BCUT2D eigenvalue weighted by Gasteiger charge is 2.58. The molecule has 5 nitrogen and oxygen atoms in total. The Balaban J connectivity index is 1.58. The fourth-order valence-corrected chi connectivity index (χ4v) is 4.50. The summed E-state index contributed by atoms with van der Waals surface area (Å²) in [7, 11) is 0. The van der Waals surface area contributed by atoms with Gasteiger partial charge in [0.2, 0.25) is 0 Å². The van der Waals surface area contributed by atoms with Crippen molar-refractivity contribution in [3.8, 4) is 0 Å². The van der Waals surface area contributed by atoms with Crippen LogP contribution in [-0.2, 0) is 19.0 Å². The van der Waals surface area contributed by atoms with Gasteiger partial charge in [-0.15, -0.1) is 0 Å². The molecular weight excluding hydrogens is 356 g/mol. The maximum Gasteiger partial charge on any atom is 0.132 e. The van der Waals surface area contributed by atoms with Gasteiger partial charge >= 0.3 is 0 Å². The molecule has 5 heteroatoms. The third-order valence-electron chi connectivity index (χ3n) is 6.59. The van der Waals surface area contributed by atoms with E-state index >= 15 is 0 Å². The number of carbonyl (C=O) groups excluding carboxylic acids is 1. The van der Waals surface area contributed by atoms with Crippen LogP contribution in [0.3, 0.4) is 0 Å². The number of ketones is 1. The fourth-order valence-electron chi connectivity index (χ4n) is 4.50. The Hall–Kier alpha value is -1.01. The number of ether oxygens (including phenoxy) is 3. The number of allylic oxidation sites excluding steroid dienone is 2. The molecule has 1 spiro atoms. The van der Waals surface area contributed by atoms with Crippen LogP contribution in [0, 0.1) is 11.8 Å². The van der Waals surface area contributed by atoms with E-state index in [1.807, 2.05) is 12.2 Å². The molecule has 28 heavy (non-hydrogen) atoms. The van der Waals surface area contributed by atoms with Gasteiger partial charge in [0.05, 0.1) is 24.9 Å². The molecule has 3 aliphatic heterocycles. The summed E-state index contributed by atoms with van der Waals surface area (Å²) < 4.78 is 17.7. The molecule has 0 saturated carbocycles. The van der Waals surface area contributed by atoms with E-state index < -0.39 is 17.8 Å². The van der Waals surface area contributed by atoms with Crippen molar-refractivity contribution in [3.05, 3.63) is 23.8 Å². The first-order chi connectivity index (χ1) is 13.2. The van der Waals surface area contributed by atoms with Gasteiger partial charge in [0.1, 0.15) is 23.6 Å². The first-order valence-corrected chi connectivity index (χ1v) is 10.7. The van der Waals surface area contributed by atoms with E-state index in [1.165, 1.54) is 6.42 Å². The average molecular weight is 393 g/mol. The molecule has 0 bridgehead atoms. The van der Waals surface area contributed by atoms with E-state index in [2.05, 4.69) is 33.8 Å². The summed E-state index contributed by atoms with van der Waals surface area (Å²) >= 11 is 0. The van der Waals surface area contributed by atoms with Crippen LogP contribution in [-0.4, -0.2) is 53.6 Å². The minimum Gasteiger partial charge on any atom is -0.387 e. The zero-order valence-corrected chi connectivity index (χ0v) is 17.9. The monoisotopic (exact) mass is 392 g/mol. The highest BCUT2D eigenvalue weighted by Crippen LogP contribution is 2.43. The van der Waals surface area contributed by atoms with Crippen molar-refractivity contribution in [1.29, 1.82) is 0 Å². The minimum atomic E-state index is -0.691. The van der Waals surface area contributed by atoms with E-state index in [9.17, 15) is 9.90 Å². The number of carbonyl (C=O) groups is 1. The van der Waals surface area contributed by atoms with E-state index in [0.717, 1.165) is 12.0 Å². The summed E-state index contributed by atoms with van der Waals surface area (Å²) in [6, 6.07) is 0. The van der Waals surface area contributed by atoms with Crippen molar-refractivity contribution in [2.75, 3.05) is 6.61 Å². The van der Waals surface area contributed by atoms with Crippen molar-refractivity contribution in [3.63, 3.8) is 0 Å². The lowest BCUT2D eigenvalue weighted by Crippen LogP contribution is -2.50. The molecule has 0 aliphatic carbocycles. The predicted molar refractivity (Wildman–Crippen MR) is 108 cm³/mol. The second-order valence-electron chi connectivity index (χ2n) is 9.24. The van der Waals surface area contributed by atoms with Gasteiger partial charge in [-0.1, -0.05) is 37.6 Å². The number of hydrogen-bond acceptors (Lipinski definition) is 5. The van der Waals surface area contributed by atoms with E-state index in [1.54, 1.807) is 6.92 Å². The van der Waals surface area contributed by atoms with Crippen molar-refractivity contribution >= 4 is 5.78 Å². The Bertz CT molecular complexity index is 620. The number of Topliss-reactive ketones (excluding diaryl/α,β-unsaturated/α-hetero) is 1. The van der Waals surface area contributed by atoms with Crippen LogP contribution in [0.4, 0.5) is 0 Å². The maximum absolute atomic E-state index is 11.5. The van der Waals surface area contributed by atoms with Crippen LogP contribution in [0.1, 0.15) is 60.3 Å². The summed E-state index contributed by atoms with van der Waals surface area (Å²) in [5, 5.41) is 10.6. The van der Waals surface area contributed by atoms with Gasteiger partial charge in [0.25, 0.3) is 0 Å². The van der Waals surface area contributed by atoms with Gasteiger partial charge in [-0.3, -0.25) is 4.79 Å². The zero-order chi connectivity index (χ0) is 20.5. The molecule has 0 unspecified atom stereocenters. The van der Waals surface area contributed by atoms with Crippen molar-refractivity contribution in [2.24, 2.45) is 11.8 Å². The van der Waals surface area contributed by atoms with Gasteiger partial charge in [0.15, 0.2) is 0 Å². The second kappa shape index (κ2) is 8.78. The normalized spacial score (nSPS) is 44.2. The standard InChI is InChI=1S/C23H36O5/c1-14(6-8-20-16(3)10-15(2)18(5)27-20)7-9-21-22(25)23(13-26-23)12-19(28-21)11-17(4)24/h6-7,9,15-16,18-22,25H,8,10-13H2,1-5H3/b9-7+,14-6+/t15-,16+,18-,19-,20+,21-,22-,23-/m1/s1. The first-order valence-electron chi connectivity index (χ1n) is 10.7. The number of hydrogen-bond donors (Lipinski definition) is 1. The number of epoxide rings is 1. The number of aliphatic hydroxyl groups excluding tert-OH is 1. The van der Waals surface area contributed by atoms with Gasteiger partial charge in [-0.05, 0) is 45.4 Å². The SMILES string of the molecule is CC(=O)C[C@@H]1C[C@@]2(CO2)[C@H](O)[C@@H](/C=C/C(C)=C/C[C@@H]2O[C@H](C)[C@H](C)C[C@@H]2C)O1. The molecule has 0 aromatic rings. The van der Waals surface area contributed by atoms with Crippen LogP contribution >= 0.6 is 0 Å². The van der Waals surface area contributed by atoms with Crippen molar-refractivity contribution < 1.29 is 24.1 Å². The van der Waals surface area contributed by atoms with Gasteiger partial charge in [0, 0.05) is 12.8 Å². The summed E-state index contributed by atoms with van der Waals surface area (Å²) in [5.41, 5.74) is 0.598. The summed E-state index contributed by atoms with van der Waals surface area (Å²) in [4.78, 5) is 11.5. The molecule has 3 saturated heterocycles. The van der Waals surface area contributed by atoms with Crippen LogP contribution in [0.5, 0.6) is 0 Å². The lowest BCUT2D eigenvalue weighted by Gasteiger charge is -2.37. The Morgan fingerprint density at radius 2 is 1.89 bits per heavy atom. The molecule has 3 aliphatic rings. The fraction of sp³-hybridized carbons (Fsp3) is 0.783. The Kier molecular flexibility index (Phi) is 6.80. The topological polar surface area (TPSA) is 68.3 Å². The van der Waals surface area contributed by atoms with Crippen LogP contribution in [0.15, 0.2) is 23.8 Å². The summed E-state index contributed by atoms with van der Waals surface area (Å²) in [6.45, 7) is 10.9. The first kappa shape index (κ1) is 21.7. The molecule has 0 radical (unpaired) electrons. The Morgan fingerprint density at radius 3 is 2.54 bits per heavy atom. The number of rotatable bonds is 6. The van der Waals surface area contributed by atoms with Crippen molar-refractivity contribution in [2.45, 2.75) is 96.4 Å². The molecule has 0 aromatic carbocycles. The second-order valence-corrected chi connectivity index (χ2v) is 9.24. The molecule has 8 atom stereocenters.